The summed E-state index contributed by atoms with van der Waals surface area (Å²) < 4.78 is 0. The minimum atomic E-state index is -1.00. The van der Waals surface area contributed by atoms with Gasteiger partial charge in [-0.1, -0.05) is 13.3 Å². The highest BCUT2D eigenvalue weighted by atomic mass is 32.1. The lowest BCUT2D eigenvalue weighted by Gasteiger charge is -2.16. The van der Waals surface area contributed by atoms with E-state index in [0.717, 1.165) is 32.0 Å². The minimum absolute atomic E-state index is 0.0311. The zero-order chi connectivity index (χ0) is 14.5. The van der Waals surface area contributed by atoms with E-state index in [0.29, 0.717) is 16.4 Å². The molecule has 1 aromatic rings. The zero-order valence-corrected chi connectivity index (χ0v) is 12.4. The van der Waals surface area contributed by atoms with E-state index in [-0.39, 0.29) is 5.91 Å². The molecule has 0 aromatic carbocycles. The van der Waals surface area contributed by atoms with Crippen molar-refractivity contribution < 1.29 is 14.7 Å². The third-order valence-corrected chi connectivity index (χ3v) is 4.48. The molecule has 0 bridgehead atoms. The maximum atomic E-state index is 12.5. The summed E-state index contributed by atoms with van der Waals surface area (Å²) in [6, 6.07) is 1.79. The Kier molecular flexibility index (Phi) is 4.95. The van der Waals surface area contributed by atoms with E-state index < -0.39 is 5.97 Å². The van der Waals surface area contributed by atoms with Gasteiger partial charge in [0.25, 0.3) is 5.91 Å². The molecule has 0 spiro atoms. The standard InChI is InChI=1S/C15H19NO3S/c1-2-3-11-6-8-16(10-11)15(19)14-12(7-9-20-14)4-5-13(17)18/h4-5,7,9,11H,2-3,6,8,10H2,1H3,(H,17,18)/b5-4+. The summed E-state index contributed by atoms with van der Waals surface area (Å²) >= 11 is 1.38. The fourth-order valence-electron chi connectivity index (χ4n) is 2.59. The quantitative estimate of drug-likeness (QED) is 0.849. The van der Waals surface area contributed by atoms with Crippen LogP contribution >= 0.6 is 11.3 Å². The Labute approximate surface area is 122 Å². The lowest BCUT2D eigenvalue weighted by atomic mass is 10.0. The van der Waals surface area contributed by atoms with Gasteiger partial charge in [0.2, 0.25) is 0 Å². The maximum absolute atomic E-state index is 12.5. The van der Waals surface area contributed by atoms with Crippen molar-refractivity contribution in [3.05, 3.63) is 28.0 Å². The van der Waals surface area contributed by atoms with E-state index in [4.69, 9.17) is 5.11 Å². The first-order valence-electron chi connectivity index (χ1n) is 6.89. The van der Waals surface area contributed by atoms with Gasteiger partial charge in [0.05, 0.1) is 4.88 Å². The van der Waals surface area contributed by atoms with E-state index >= 15 is 0 Å². The molecular weight excluding hydrogens is 274 g/mol. The van der Waals surface area contributed by atoms with E-state index in [2.05, 4.69) is 6.92 Å². The molecule has 1 unspecified atom stereocenters. The van der Waals surface area contributed by atoms with Crippen LogP contribution in [0, 0.1) is 5.92 Å². The van der Waals surface area contributed by atoms with Gasteiger partial charge in [0.1, 0.15) is 0 Å². The van der Waals surface area contributed by atoms with Gasteiger partial charge in [-0.2, -0.15) is 0 Å². The third kappa shape index (κ3) is 3.48. The van der Waals surface area contributed by atoms with Crippen molar-refractivity contribution in [3.63, 3.8) is 0 Å². The Balaban J connectivity index is 2.07. The molecule has 1 aliphatic rings. The first-order chi connectivity index (χ1) is 9.61. The summed E-state index contributed by atoms with van der Waals surface area (Å²) in [6.07, 6.45) is 5.96. The number of hydrogen-bond donors (Lipinski definition) is 1. The van der Waals surface area contributed by atoms with Crippen LogP contribution in [0.15, 0.2) is 17.5 Å². The number of rotatable bonds is 5. The second-order valence-electron chi connectivity index (χ2n) is 5.07. The number of carbonyl (C=O) groups excluding carboxylic acids is 1. The topological polar surface area (TPSA) is 57.6 Å². The third-order valence-electron chi connectivity index (χ3n) is 3.57. The molecule has 0 aliphatic carbocycles. The number of amides is 1. The van der Waals surface area contributed by atoms with Gasteiger partial charge in [-0.15, -0.1) is 11.3 Å². The van der Waals surface area contributed by atoms with Gasteiger partial charge < -0.3 is 10.0 Å². The molecule has 1 amide bonds. The van der Waals surface area contributed by atoms with Crippen molar-refractivity contribution in [3.8, 4) is 0 Å². The van der Waals surface area contributed by atoms with Crippen LogP contribution in [0.3, 0.4) is 0 Å². The molecule has 1 fully saturated rings. The molecule has 108 valence electrons. The van der Waals surface area contributed by atoms with Gasteiger partial charge in [0, 0.05) is 19.2 Å². The fourth-order valence-corrected chi connectivity index (χ4v) is 3.44. The van der Waals surface area contributed by atoms with E-state index in [1.165, 1.54) is 23.8 Å². The Morgan fingerprint density at radius 1 is 1.55 bits per heavy atom. The first-order valence-corrected chi connectivity index (χ1v) is 7.77. The van der Waals surface area contributed by atoms with Crippen molar-refractivity contribution in [2.24, 2.45) is 5.92 Å². The SMILES string of the molecule is CCCC1CCN(C(=O)c2sccc2/C=C/C(=O)O)C1. The first kappa shape index (κ1) is 14.8. The zero-order valence-electron chi connectivity index (χ0n) is 11.5. The molecule has 2 rings (SSSR count). The molecule has 1 aromatic heterocycles. The Morgan fingerprint density at radius 2 is 2.35 bits per heavy atom. The Morgan fingerprint density at radius 3 is 3.05 bits per heavy atom. The van der Waals surface area contributed by atoms with Crippen LogP contribution in [0.1, 0.15) is 41.4 Å². The normalized spacial score (nSPS) is 18.9. The summed E-state index contributed by atoms with van der Waals surface area (Å²) in [4.78, 5) is 25.6. The number of nitrogens with zero attached hydrogens (tertiary/aromatic N) is 1. The summed E-state index contributed by atoms with van der Waals surface area (Å²) in [7, 11) is 0. The van der Waals surface area contributed by atoms with Crippen molar-refractivity contribution in [1.29, 1.82) is 0 Å². The number of hydrogen-bond acceptors (Lipinski definition) is 3. The number of carbonyl (C=O) groups is 2. The van der Waals surface area contributed by atoms with Crippen molar-refractivity contribution in [1.82, 2.24) is 4.90 Å². The largest absolute Gasteiger partial charge is 0.478 e. The summed E-state index contributed by atoms with van der Waals surface area (Å²) in [5, 5.41) is 10.5. The molecule has 5 heteroatoms. The maximum Gasteiger partial charge on any atom is 0.328 e. The van der Waals surface area contributed by atoms with Gasteiger partial charge >= 0.3 is 5.97 Å². The predicted molar refractivity (Wildman–Crippen MR) is 79.9 cm³/mol. The second-order valence-corrected chi connectivity index (χ2v) is 5.99. The smallest absolute Gasteiger partial charge is 0.328 e. The highest BCUT2D eigenvalue weighted by Gasteiger charge is 2.27. The lowest BCUT2D eigenvalue weighted by molar-refractivity contribution is -0.131. The number of aliphatic carboxylic acids is 1. The van der Waals surface area contributed by atoms with Crippen LogP contribution in [0.4, 0.5) is 0 Å². The molecule has 1 aliphatic heterocycles. The molecule has 1 N–H and O–H groups in total. The molecule has 2 heterocycles. The van der Waals surface area contributed by atoms with Crippen molar-refractivity contribution >= 4 is 29.3 Å². The Bertz CT molecular complexity index is 521. The van der Waals surface area contributed by atoms with Crippen LogP contribution in [0.5, 0.6) is 0 Å². The molecule has 1 atom stereocenters. The molecule has 20 heavy (non-hydrogen) atoms. The van der Waals surface area contributed by atoms with E-state index in [9.17, 15) is 9.59 Å². The molecular formula is C15H19NO3S. The minimum Gasteiger partial charge on any atom is -0.478 e. The molecule has 4 nitrogen and oxygen atoms in total. The van der Waals surface area contributed by atoms with Crippen LogP contribution in [-0.2, 0) is 4.79 Å². The number of thiophene rings is 1. The van der Waals surface area contributed by atoms with Gasteiger partial charge in [-0.25, -0.2) is 4.79 Å². The average molecular weight is 293 g/mol. The Hall–Kier alpha value is -1.62. The van der Waals surface area contributed by atoms with E-state index in [1.807, 2.05) is 10.3 Å². The van der Waals surface area contributed by atoms with Gasteiger partial charge in [-0.3, -0.25) is 4.79 Å². The fraction of sp³-hybridized carbons (Fsp3) is 0.467. The summed E-state index contributed by atoms with van der Waals surface area (Å²) in [5.41, 5.74) is 0.696. The summed E-state index contributed by atoms with van der Waals surface area (Å²) in [6.45, 7) is 3.80. The van der Waals surface area contributed by atoms with Crippen LogP contribution < -0.4 is 0 Å². The van der Waals surface area contributed by atoms with Crippen LogP contribution in [-0.4, -0.2) is 35.0 Å². The second kappa shape index (κ2) is 6.70. The summed E-state index contributed by atoms with van der Waals surface area (Å²) in [5.74, 6) is -0.357. The monoisotopic (exact) mass is 293 g/mol. The average Bonchev–Trinajstić information content (AvgIpc) is 3.04. The van der Waals surface area contributed by atoms with Crippen molar-refractivity contribution in [2.75, 3.05) is 13.1 Å². The number of carboxylic acids is 1. The highest BCUT2D eigenvalue weighted by molar-refractivity contribution is 7.12. The highest BCUT2D eigenvalue weighted by Crippen LogP contribution is 2.26. The van der Waals surface area contributed by atoms with Crippen molar-refractivity contribution in [2.45, 2.75) is 26.2 Å². The van der Waals surface area contributed by atoms with Crippen LogP contribution in [0.2, 0.25) is 0 Å². The van der Waals surface area contributed by atoms with E-state index in [1.54, 1.807) is 6.07 Å². The molecule has 0 radical (unpaired) electrons. The lowest BCUT2D eigenvalue weighted by Crippen LogP contribution is -2.28. The molecule has 1 saturated heterocycles. The van der Waals surface area contributed by atoms with Crippen LogP contribution in [0.25, 0.3) is 6.08 Å². The predicted octanol–water partition coefficient (Wildman–Crippen LogP) is 3.11. The van der Waals surface area contributed by atoms with Gasteiger partial charge in [0.15, 0.2) is 0 Å². The number of carboxylic acid groups (broad SMARTS) is 1. The molecule has 0 saturated carbocycles. The van der Waals surface area contributed by atoms with Gasteiger partial charge in [-0.05, 0) is 41.8 Å². The number of likely N-dealkylation sites (tertiary alicyclic amines) is 1.